The van der Waals surface area contributed by atoms with Crippen LogP contribution < -0.4 is 20.1 Å². The monoisotopic (exact) mass is 376 g/mol. The summed E-state index contributed by atoms with van der Waals surface area (Å²) < 4.78 is 47.6. The minimum atomic E-state index is -4.17. The maximum Gasteiger partial charge on any atom is 0.401 e. The minimum absolute atomic E-state index is 0.334. The van der Waals surface area contributed by atoms with Gasteiger partial charge in [-0.3, -0.25) is 9.89 Å². The molecule has 2 N–H and O–H groups in total. The van der Waals surface area contributed by atoms with Crippen molar-refractivity contribution < 1.29 is 22.6 Å². The molecule has 1 aromatic carbocycles. The van der Waals surface area contributed by atoms with E-state index >= 15 is 0 Å². The van der Waals surface area contributed by atoms with Crippen molar-refractivity contribution in [3.8, 4) is 11.5 Å². The van der Waals surface area contributed by atoms with Crippen LogP contribution in [0.2, 0.25) is 0 Å². The van der Waals surface area contributed by atoms with Gasteiger partial charge >= 0.3 is 6.18 Å². The second kappa shape index (κ2) is 10.7. The molecule has 1 rings (SSSR count). The molecule has 0 unspecified atom stereocenters. The fraction of sp³-hybridized carbons (Fsp3) is 0.588. The summed E-state index contributed by atoms with van der Waals surface area (Å²) in [4.78, 5) is 5.35. The van der Waals surface area contributed by atoms with Crippen LogP contribution in [0.4, 0.5) is 18.9 Å². The van der Waals surface area contributed by atoms with Crippen molar-refractivity contribution >= 4 is 11.6 Å². The predicted molar refractivity (Wildman–Crippen MR) is 97.3 cm³/mol. The van der Waals surface area contributed by atoms with Crippen LogP contribution in [0.3, 0.4) is 0 Å². The number of benzene rings is 1. The van der Waals surface area contributed by atoms with E-state index in [2.05, 4.69) is 15.6 Å². The van der Waals surface area contributed by atoms with Gasteiger partial charge in [-0.1, -0.05) is 0 Å². The number of guanidine groups is 1. The summed E-state index contributed by atoms with van der Waals surface area (Å²) in [6, 6.07) is 5.41. The summed E-state index contributed by atoms with van der Waals surface area (Å²) in [7, 11) is 4.63. The van der Waals surface area contributed by atoms with Gasteiger partial charge < -0.3 is 20.1 Å². The third-order valence-corrected chi connectivity index (χ3v) is 3.41. The molecule has 0 aliphatic carbocycles. The first-order valence-corrected chi connectivity index (χ1v) is 8.32. The Morgan fingerprint density at radius 2 is 2.00 bits per heavy atom. The molecule has 0 saturated heterocycles. The number of nitrogens with one attached hydrogen (secondary N) is 2. The number of ether oxygens (including phenoxy) is 2. The third kappa shape index (κ3) is 8.28. The first-order chi connectivity index (χ1) is 12.3. The number of aliphatic imine (C=N–C) groups is 1. The van der Waals surface area contributed by atoms with Crippen molar-refractivity contribution in [2.75, 3.05) is 52.8 Å². The first-order valence-electron chi connectivity index (χ1n) is 8.32. The van der Waals surface area contributed by atoms with Crippen LogP contribution in [0.5, 0.6) is 11.5 Å². The second-order valence-electron chi connectivity index (χ2n) is 5.63. The van der Waals surface area contributed by atoms with Crippen molar-refractivity contribution in [2.45, 2.75) is 19.5 Å². The highest BCUT2D eigenvalue weighted by molar-refractivity contribution is 5.93. The lowest BCUT2D eigenvalue weighted by atomic mass is 10.2. The van der Waals surface area contributed by atoms with Crippen LogP contribution in [0.1, 0.15) is 13.3 Å². The highest BCUT2D eigenvalue weighted by Gasteiger charge is 2.28. The fourth-order valence-corrected chi connectivity index (χ4v) is 2.28. The Labute approximate surface area is 152 Å². The van der Waals surface area contributed by atoms with Crippen LogP contribution in [0.25, 0.3) is 0 Å². The van der Waals surface area contributed by atoms with E-state index < -0.39 is 12.7 Å². The van der Waals surface area contributed by atoms with Gasteiger partial charge in [-0.05, 0) is 39.1 Å². The zero-order valence-corrected chi connectivity index (χ0v) is 15.6. The van der Waals surface area contributed by atoms with Crippen LogP contribution in [-0.2, 0) is 0 Å². The van der Waals surface area contributed by atoms with Crippen molar-refractivity contribution in [3.63, 3.8) is 0 Å². The summed E-state index contributed by atoms with van der Waals surface area (Å²) in [5.41, 5.74) is 0.757. The summed E-state index contributed by atoms with van der Waals surface area (Å²) >= 11 is 0. The topological polar surface area (TPSA) is 58.1 Å². The van der Waals surface area contributed by atoms with E-state index in [1.54, 1.807) is 26.3 Å². The molecule has 0 fully saturated rings. The molecule has 148 valence electrons. The normalized spacial score (nSPS) is 12.2. The number of nitrogens with zero attached hydrogens (tertiary/aromatic N) is 2. The number of halogens is 3. The molecule has 0 radical (unpaired) electrons. The highest BCUT2D eigenvalue weighted by Crippen LogP contribution is 2.30. The van der Waals surface area contributed by atoms with Crippen molar-refractivity contribution in [1.82, 2.24) is 10.2 Å². The summed E-state index contributed by atoms with van der Waals surface area (Å²) in [5.74, 6) is 1.77. The molecule has 0 saturated carbocycles. The molecule has 1 aromatic rings. The van der Waals surface area contributed by atoms with Crippen molar-refractivity contribution in [3.05, 3.63) is 18.2 Å². The van der Waals surface area contributed by atoms with Crippen LogP contribution >= 0.6 is 0 Å². The van der Waals surface area contributed by atoms with Gasteiger partial charge in [0, 0.05) is 25.3 Å². The van der Waals surface area contributed by atoms with E-state index in [4.69, 9.17) is 9.47 Å². The van der Waals surface area contributed by atoms with Gasteiger partial charge in [0.05, 0.1) is 20.3 Å². The maximum atomic E-state index is 12.3. The highest BCUT2D eigenvalue weighted by atomic mass is 19.4. The van der Waals surface area contributed by atoms with E-state index in [1.165, 1.54) is 11.9 Å². The predicted octanol–water partition coefficient (Wildman–Crippen LogP) is 2.97. The number of hydrogen-bond acceptors (Lipinski definition) is 4. The molecular formula is C17H27F3N4O2. The van der Waals surface area contributed by atoms with Gasteiger partial charge in [0.2, 0.25) is 0 Å². The Bertz CT molecular complexity index is 580. The number of rotatable bonds is 9. The van der Waals surface area contributed by atoms with Gasteiger partial charge in [0.15, 0.2) is 17.5 Å². The zero-order valence-electron chi connectivity index (χ0n) is 15.6. The number of alkyl halides is 3. The Kier molecular flexibility index (Phi) is 9.04. The Balaban J connectivity index is 2.48. The number of methoxy groups -OCH3 is 1. The van der Waals surface area contributed by atoms with E-state index in [1.807, 2.05) is 13.0 Å². The van der Waals surface area contributed by atoms with Crippen LogP contribution in [0, 0.1) is 0 Å². The largest absolute Gasteiger partial charge is 0.493 e. The fourth-order valence-electron chi connectivity index (χ4n) is 2.28. The van der Waals surface area contributed by atoms with Crippen LogP contribution in [-0.4, -0.2) is 64.5 Å². The number of hydrogen-bond donors (Lipinski definition) is 2. The molecule has 9 heteroatoms. The Hall–Kier alpha value is -2.16. The van der Waals surface area contributed by atoms with Crippen molar-refractivity contribution in [1.29, 1.82) is 0 Å². The lowest BCUT2D eigenvalue weighted by molar-refractivity contribution is -0.143. The van der Waals surface area contributed by atoms with Gasteiger partial charge in [-0.15, -0.1) is 0 Å². The minimum Gasteiger partial charge on any atom is -0.493 e. The van der Waals surface area contributed by atoms with Gasteiger partial charge in [-0.25, -0.2) is 0 Å². The lowest BCUT2D eigenvalue weighted by Crippen LogP contribution is -2.35. The molecule has 0 aliphatic heterocycles. The van der Waals surface area contributed by atoms with Gasteiger partial charge in [0.1, 0.15) is 0 Å². The average Bonchev–Trinajstić information content (AvgIpc) is 2.57. The second-order valence-corrected chi connectivity index (χ2v) is 5.63. The quantitative estimate of drug-likeness (QED) is 0.394. The molecule has 0 spiro atoms. The molecule has 0 amide bonds. The molecule has 0 heterocycles. The van der Waals surface area contributed by atoms with E-state index in [0.717, 1.165) is 5.69 Å². The summed E-state index contributed by atoms with van der Waals surface area (Å²) in [6.45, 7) is 2.35. The van der Waals surface area contributed by atoms with E-state index in [9.17, 15) is 13.2 Å². The first kappa shape index (κ1) is 21.9. The molecular weight excluding hydrogens is 349 g/mol. The SMILES string of the molecule is CCOc1ccc(NC(=NC)NCCCN(C)CC(F)(F)F)cc1OC. The molecule has 0 atom stereocenters. The molecule has 0 aliphatic rings. The smallest absolute Gasteiger partial charge is 0.401 e. The molecule has 26 heavy (non-hydrogen) atoms. The maximum absolute atomic E-state index is 12.3. The van der Waals surface area contributed by atoms with Crippen molar-refractivity contribution in [2.24, 2.45) is 4.99 Å². The van der Waals surface area contributed by atoms with Gasteiger partial charge in [-0.2, -0.15) is 13.2 Å². The Morgan fingerprint density at radius 3 is 2.58 bits per heavy atom. The lowest BCUT2D eigenvalue weighted by Gasteiger charge is -2.19. The molecule has 6 nitrogen and oxygen atoms in total. The van der Waals surface area contributed by atoms with Gasteiger partial charge in [0.25, 0.3) is 0 Å². The zero-order chi connectivity index (χ0) is 19.6. The Morgan fingerprint density at radius 1 is 1.27 bits per heavy atom. The summed E-state index contributed by atoms with van der Waals surface area (Å²) in [6.07, 6.45) is -3.62. The molecule has 0 bridgehead atoms. The number of anilines is 1. The van der Waals surface area contributed by atoms with E-state index in [0.29, 0.717) is 43.6 Å². The van der Waals surface area contributed by atoms with Crippen LogP contribution in [0.15, 0.2) is 23.2 Å². The standard InChI is InChI=1S/C17H27F3N4O2/c1-5-26-14-8-7-13(11-15(14)25-4)23-16(21-2)22-9-6-10-24(3)12-17(18,19)20/h7-8,11H,5-6,9-10,12H2,1-4H3,(H2,21,22,23). The summed E-state index contributed by atoms with van der Waals surface area (Å²) in [5, 5.41) is 6.18. The van der Waals surface area contributed by atoms with E-state index in [-0.39, 0.29) is 0 Å². The molecule has 0 aromatic heterocycles. The average molecular weight is 376 g/mol. The third-order valence-electron chi connectivity index (χ3n) is 3.41.